The maximum atomic E-state index is 13.2. The van der Waals surface area contributed by atoms with Crippen molar-refractivity contribution in [3.63, 3.8) is 0 Å². The third-order valence-corrected chi connectivity index (χ3v) is 3.03. The molecule has 20 heavy (non-hydrogen) atoms. The number of hydrogen-bond donors (Lipinski definition) is 0. The van der Waals surface area contributed by atoms with E-state index in [1.54, 1.807) is 24.5 Å². The molecule has 0 saturated heterocycles. The number of hydrogen-bond acceptors (Lipinski definition) is 3. The van der Waals surface area contributed by atoms with Gasteiger partial charge in [0.15, 0.2) is 5.69 Å². The summed E-state index contributed by atoms with van der Waals surface area (Å²) in [7, 11) is 0. The number of rotatable bonds is 4. The molecular formula is C15H17FN2O2. The molecule has 2 aromatic rings. The Morgan fingerprint density at radius 1 is 1.40 bits per heavy atom. The second kappa shape index (κ2) is 5.86. The van der Waals surface area contributed by atoms with Gasteiger partial charge in [0.1, 0.15) is 11.6 Å². The van der Waals surface area contributed by atoms with Crippen LogP contribution in [0.3, 0.4) is 0 Å². The van der Waals surface area contributed by atoms with Gasteiger partial charge in [0, 0.05) is 6.54 Å². The van der Waals surface area contributed by atoms with Crippen molar-refractivity contribution in [1.82, 2.24) is 9.55 Å². The molecule has 0 aliphatic heterocycles. The number of carbonyl (C=O) groups excluding carboxylic acids is 1. The molecule has 0 radical (unpaired) electrons. The van der Waals surface area contributed by atoms with Gasteiger partial charge in [-0.3, -0.25) is 0 Å². The number of halogens is 1. The Labute approximate surface area is 117 Å². The minimum absolute atomic E-state index is 0.297. The van der Waals surface area contributed by atoms with Gasteiger partial charge in [0.05, 0.1) is 12.3 Å². The summed E-state index contributed by atoms with van der Waals surface area (Å²) in [5.74, 6) is 0.00601. The quantitative estimate of drug-likeness (QED) is 0.806. The zero-order chi connectivity index (χ0) is 14.7. The molecule has 0 atom stereocenters. The molecule has 0 unspecified atom stereocenters. The summed E-state index contributed by atoms with van der Waals surface area (Å²) in [6.45, 7) is 6.03. The Morgan fingerprint density at radius 3 is 2.80 bits per heavy atom. The molecular weight excluding hydrogens is 259 g/mol. The van der Waals surface area contributed by atoms with Crippen LogP contribution in [0, 0.1) is 19.7 Å². The predicted octanol–water partition coefficient (Wildman–Crippen LogP) is 2.86. The lowest BCUT2D eigenvalue weighted by molar-refractivity contribution is 0.0513. The lowest BCUT2D eigenvalue weighted by Crippen LogP contribution is -2.15. The van der Waals surface area contributed by atoms with Gasteiger partial charge in [-0.15, -0.1) is 0 Å². The first-order chi connectivity index (χ1) is 9.52. The normalized spacial score (nSPS) is 10.6. The summed E-state index contributed by atoms with van der Waals surface area (Å²) in [6, 6.07) is 6.30. The Morgan fingerprint density at radius 2 is 2.15 bits per heavy atom. The van der Waals surface area contributed by atoms with Gasteiger partial charge in [-0.2, -0.15) is 0 Å². The summed E-state index contributed by atoms with van der Waals surface area (Å²) in [5, 5.41) is 0. The highest BCUT2D eigenvalue weighted by Gasteiger charge is 2.20. The summed E-state index contributed by atoms with van der Waals surface area (Å²) in [6.07, 6.45) is 0. The van der Waals surface area contributed by atoms with Crippen LogP contribution in [0.15, 0.2) is 24.3 Å². The van der Waals surface area contributed by atoms with E-state index in [1.165, 1.54) is 12.1 Å². The maximum absolute atomic E-state index is 13.2. The van der Waals surface area contributed by atoms with Gasteiger partial charge in [-0.1, -0.05) is 12.1 Å². The van der Waals surface area contributed by atoms with E-state index in [1.807, 2.05) is 13.0 Å². The summed E-state index contributed by atoms with van der Waals surface area (Å²) >= 11 is 0. The van der Waals surface area contributed by atoms with Crippen molar-refractivity contribution < 1.29 is 13.9 Å². The largest absolute Gasteiger partial charge is 0.461 e. The SMILES string of the molecule is CCOC(=O)c1c(C)nc(C)n1Cc1cccc(F)c1. The third kappa shape index (κ3) is 2.87. The van der Waals surface area contributed by atoms with Crippen LogP contribution in [-0.4, -0.2) is 22.1 Å². The maximum Gasteiger partial charge on any atom is 0.356 e. The number of nitrogens with zero attached hydrogens (tertiary/aromatic N) is 2. The number of carbonyl (C=O) groups is 1. The predicted molar refractivity (Wildman–Crippen MR) is 73.2 cm³/mol. The van der Waals surface area contributed by atoms with Crippen molar-refractivity contribution in [2.45, 2.75) is 27.3 Å². The molecule has 0 bridgehead atoms. The highest BCUT2D eigenvalue weighted by atomic mass is 19.1. The van der Waals surface area contributed by atoms with E-state index in [-0.39, 0.29) is 5.82 Å². The summed E-state index contributed by atoms with van der Waals surface area (Å²) < 4.78 is 20.0. The Hall–Kier alpha value is -2.17. The molecule has 0 saturated carbocycles. The smallest absolute Gasteiger partial charge is 0.356 e. The fraction of sp³-hybridized carbons (Fsp3) is 0.333. The van der Waals surface area contributed by atoms with E-state index >= 15 is 0 Å². The minimum Gasteiger partial charge on any atom is -0.461 e. The van der Waals surface area contributed by atoms with E-state index < -0.39 is 5.97 Å². The van der Waals surface area contributed by atoms with Gasteiger partial charge in [0.25, 0.3) is 0 Å². The molecule has 0 spiro atoms. The van der Waals surface area contributed by atoms with Crippen molar-refractivity contribution in [2.24, 2.45) is 0 Å². The zero-order valence-electron chi connectivity index (χ0n) is 11.8. The topological polar surface area (TPSA) is 44.1 Å². The average Bonchev–Trinajstić information content (AvgIpc) is 2.64. The van der Waals surface area contributed by atoms with Crippen molar-refractivity contribution in [3.8, 4) is 0 Å². The third-order valence-electron chi connectivity index (χ3n) is 3.03. The number of esters is 1. The highest BCUT2D eigenvalue weighted by Crippen LogP contribution is 2.15. The van der Waals surface area contributed by atoms with Crippen LogP contribution in [0.4, 0.5) is 4.39 Å². The molecule has 106 valence electrons. The van der Waals surface area contributed by atoms with E-state index in [0.29, 0.717) is 30.4 Å². The Bertz CT molecular complexity index is 635. The standard InChI is InChI=1S/C15H17FN2O2/c1-4-20-15(19)14-10(2)17-11(3)18(14)9-12-6-5-7-13(16)8-12/h5-8H,4,9H2,1-3H3. The van der Waals surface area contributed by atoms with Crippen molar-refractivity contribution in [3.05, 3.63) is 52.9 Å². The second-order valence-electron chi connectivity index (χ2n) is 4.53. The number of benzene rings is 1. The van der Waals surface area contributed by atoms with Crippen LogP contribution in [-0.2, 0) is 11.3 Å². The molecule has 0 N–H and O–H groups in total. The van der Waals surface area contributed by atoms with Gasteiger partial charge < -0.3 is 9.30 Å². The van der Waals surface area contributed by atoms with E-state index in [4.69, 9.17) is 4.74 Å². The van der Waals surface area contributed by atoms with Crippen LogP contribution >= 0.6 is 0 Å². The van der Waals surface area contributed by atoms with Gasteiger partial charge >= 0.3 is 5.97 Å². The first kappa shape index (κ1) is 14.2. The molecule has 5 heteroatoms. The van der Waals surface area contributed by atoms with E-state index in [0.717, 1.165) is 5.56 Å². The first-order valence-electron chi connectivity index (χ1n) is 6.48. The minimum atomic E-state index is -0.401. The number of aryl methyl sites for hydroxylation is 2. The van der Waals surface area contributed by atoms with Crippen LogP contribution in [0.25, 0.3) is 0 Å². The fourth-order valence-corrected chi connectivity index (χ4v) is 2.18. The fourth-order valence-electron chi connectivity index (χ4n) is 2.18. The number of imidazole rings is 1. The summed E-state index contributed by atoms with van der Waals surface area (Å²) in [4.78, 5) is 16.3. The molecule has 0 aliphatic carbocycles. The highest BCUT2D eigenvalue weighted by molar-refractivity contribution is 5.89. The van der Waals surface area contributed by atoms with E-state index in [2.05, 4.69) is 4.98 Å². The molecule has 2 rings (SSSR count). The molecule has 1 heterocycles. The summed E-state index contributed by atoms with van der Waals surface area (Å²) in [5.41, 5.74) is 1.82. The zero-order valence-corrected chi connectivity index (χ0v) is 11.8. The number of ether oxygens (including phenoxy) is 1. The lowest BCUT2D eigenvalue weighted by Gasteiger charge is -2.10. The average molecular weight is 276 g/mol. The molecule has 0 fully saturated rings. The molecule has 0 amide bonds. The van der Waals surface area contributed by atoms with Crippen LogP contribution in [0.2, 0.25) is 0 Å². The van der Waals surface area contributed by atoms with Crippen molar-refractivity contribution in [2.75, 3.05) is 6.61 Å². The molecule has 0 aliphatic rings. The first-order valence-corrected chi connectivity index (χ1v) is 6.48. The van der Waals surface area contributed by atoms with Crippen LogP contribution < -0.4 is 0 Å². The molecule has 1 aromatic carbocycles. The van der Waals surface area contributed by atoms with Gasteiger partial charge in [0.2, 0.25) is 0 Å². The van der Waals surface area contributed by atoms with Crippen LogP contribution in [0.5, 0.6) is 0 Å². The van der Waals surface area contributed by atoms with Crippen molar-refractivity contribution >= 4 is 5.97 Å². The lowest BCUT2D eigenvalue weighted by atomic mass is 10.2. The van der Waals surface area contributed by atoms with Crippen molar-refractivity contribution in [1.29, 1.82) is 0 Å². The van der Waals surface area contributed by atoms with Gasteiger partial charge in [-0.25, -0.2) is 14.2 Å². The Kier molecular flexibility index (Phi) is 4.17. The second-order valence-corrected chi connectivity index (χ2v) is 4.53. The Balaban J connectivity index is 2.38. The van der Waals surface area contributed by atoms with Gasteiger partial charge in [-0.05, 0) is 38.5 Å². The monoisotopic (exact) mass is 276 g/mol. The molecule has 1 aromatic heterocycles. The number of aromatic nitrogens is 2. The molecule has 4 nitrogen and oxygen atoms in total. The van der Waals surface area contributed by atoms with Crippen LogP contribution in [0.1, 0.15) is 34.5 Å². The van der Waals surface area contributed by atoms with E-state index in [9.17, 15) is 9.18 Å².